The first-order chi connectivity index (χ1) is 8.54. The van der Waals surface area contributed by atoms with E-state index in [1.165, 1.54) is 11.3 Å². The molecule has 1 aliphatic heterocycles. The van der Waals surface area contributed by atoms with Gasteiger partial charge in [0, 0.05) is 31.9 Å². The van der Waals surface area contributed by atoms with Gasteiger partial charge in [-0.3, -0.25) is 0 Å². The highest BCUT2D eigenvalue weighted by Gasteiger charge is 2.25. The predicted molar refractivity (Wildman–Crippen MR) is 74.4 cm³/mol. The molecule has 5 heteroatoms. The van der Waals surface area contributed by atoms with Gasteiger partial charge in [0.25, 0.3) is 0 Å². The molecule has 1 fully saturated rings. The van der Waals surface area contributed by atoms with Gasteiger partial charge < -0.3 is 4.90 Å². The first kappa shape index (κ1) is 13.4. The standard InChI is InChI=1S/C13H20N2O2S/c1-3-18(16,17)15-10-8-14(9-11-15)13-7-5-4-6-12(13)2/h4-7H,3,8-11H2,1-2H3. The lowest BCUT2D eigenvalue weighted by molar-refractivity contribution is 0.385. The van der Waals surface area contributed by atoms with Crippen molar-refractivity contribution in [2.24, 2.45) is 0 Å². The van der Waals surface area contributed by atoms with Crippen molar-refractivity contribution in [2.75, 3.05) is 36.8 Å². The van der Waals surface area contributed by atoms with Crippen LogP contribution >= 0.6 is 0 Å². The van der Waals surface area contributed by atoms with Gasteiger partial charge in [-0.15, -0.1) is 0 Å². The van der Waals surface area contributed by atoms with E-state index in [9.17, 15) is 8.42 Å². The zero-order valence-electron chi connectivity index (χ0n) is 11.0. The minimum atomic E-state index is -3.03. The Kier molecular flexibility index (Phi) is 3.92. The zero-order chi connectivity index (χ0) is 13.2. The lowest BCUT2D eigenvalue weighted by Crippen LogP contribution is -2.49. The Balaban J connectivity index is 2.06. The van der Waals surface area contributed by atoms with Gasteiger partial charge in [-0.1, -0.05) is 18.2 Å². The average molecular weight is 268 g/mol. The van der Waals surface area contributed by atoms with E-state index >= 15 is 0 Å². The molecule has 100 valence electrons. The van der Waals surface area contributed by atoms with Gasteiger partial charge in [-0.05, 0) is 25.5 Å². The Morgan fingerprint density at radius 2 is 1.72 bits per heavy atom. The Bertz CT molecular complexity index is 505. The molecule has 0 aliphatic carbocycles. The first-order valence-electron chi connectivity index (χ1n) is 6.33. The van der Waals surface area contributed by atoms with E-state index in [0.29, 0.717) is 13.1 Å². The summed E-state index contributed by atoms with van der Waals surface area (Å²) in [6, 6.07) is 8.23. The average Bonchev–Trinajstić information content (AvgIpc) is 2.39. The SMILES string of the molecule is CCS(=O)(=O)N1CCN(c2ccccc2C)CC1. The molecule has 1 saturated heterocycles. The molecule has 0 unspecified atom stereocenters. The van der Waals surface area contributed by atoms with Crippen molar-refractivity contribution in [3.63, 3.8) is 0 Å². The van der Waals surface area contributed by atoms with E-state index in [1.807, 2.05) is 12.1 Å². The van der Waals surface area contributed by atoms with E-state index in [0.717, 1.165) is 13.1 Å². The quantitative estimate of drug-likeness (QED) is 0.833. The number of anilines is 1. The van der Waals surface area contributed by atoms with Gasteiger partial charge in [-0.2, -0.15) is 4.31 Å². The zero-order valence-corrected chi connectivity index (χ0v) is 11.8. The molecule has 1 aromatic rings. The predicted octanol–water partition coefficient (Wildman–Crippen LogP) is 1.47. The third-order valence-electron chi connectivity index (χ3n) is 3.45. The van der Waals surface area contributed by atoms with E-state index in [2.05, 4.69) is 24.0 Å². The van der Waals surface area contributed by atoms with Crippen molar-refractivity contribution in [2.45, 2.75) is 13.8 Å². The molecule has 0 atom stereocenters. The molecule has 0 spiro atoms. The summed E-state index contributed by atoms with van der Waals surface area (Å²) >= 11 is 0. The van der Waals surface area contributed by atoms with Crippen LogP contribution in [0.4, 0.5) is 5.69 Å². The third kappa shape index (κ3) is 2.67. The van der Waals surface area contributed by atoms with Crippen LogP contribution in [0.15, 0.2) is 24.3 Å². The lowest BCUT2D eigenvalue weighted by Gasteiger charge is -2.35. The summed E-state index contributed by atoms with van der Waals surface area (Å²) in [5.41, 5.74) is 2.45. The fourth-order valence-corrected chi connectivity index (χ4v) is 3.39. The second-order valence-electron chi connectivity index (χ2n) is 4.57. The minimum Gasteiger partial charge on any atom is -0.369 e. The Morgan fingerprint density at radius 3 is 2.28 bits per heavy atom. The van der Waals surface area contributed by atoms with Crippen LogP contribution in [-0.4, -0.2) is 44.7 Å². The van der Waals surface area contributed by atoms with Crippen LogP contribution in [0.2, 0.25) is 0 Å². The molecule has 1 heterocycles. The van der Waals surface area contributed by atoms with Crippen molar-refractivity contribution >= 4 is 15.7 Å². The monoisotopic (exact) mass is 268 g/mol. The van der Waals surface area contributed by atoms with Crippen LogP contribution in [0.1, 0.15) is 12.5 Å². The molecule has 0 bridgehead atoms. The molecule has 4 nitrogen and oxygen atoms in total. The molecule has 0 amide bonds. The van der Waals surface area contributed by atoms with Crippen LogP contribution in [-0.2, 0) is 10.0 Å². The van der Waals surface area contributed by atoms with E-state index < -0.39 is 10.0 Å². The summed E-state index contributed by atoms with van der Waals surface area (Å²) in [5.74, 6) is 0.192. The highest BCUT2D eigenvalue weighted by molar-refractivity contribution is 7.89. The van der Waals surface area contributed by atoms with Crippen LogP contribution in [0.3, 0.4) is 0 Å². The smallest absolute Gasteiger partial charge is 0.213 e. The molecule has 1 aromatic carbocycles. The topological polar surface area (TPSA) is 40.6 Å². The van der Waals surface area contributed by atoms with Crippen molar-refractivity contribution in [3.05, 3.63) is 29.8 Å². The third-order valence-corrected chi connectivity index (χ3v) is 5.33. The summed E-state index contributed by atoms with van der Waals surface area (Å²) in [4.78, 5) is 2.26. The van der Waals surface area contributed by atoms with Gasteiger partial charge >= 0.3 is 0 Å². The molecule has 0 N–H and O–H groups in total. The maximum absolute atomic E-state index is 11.8. The summed E-state index contributed by atoms with van der Waals surface area (Å²) in [6.07, 6.45) is 0. The van der Waals surface area contributed by atoms with E-state index in [4.69, 9.17) is 0 Å². The molecule has 0 aromatic heterocycles. The van der Waals surface area contributed by atoms with Gasteiger partial charge in [-0.25, -0.2) is 8.42 Å². The second kappa shape index (κ2) is 5.28. The highest BCUT2D eigenvalue weighted by atomic mass is 32.2. The van der Waals surface area contributed by atoms with Crippen molar-refractivity contribution in [1.29, 1.82) is 0 Å². The number of aryl methyl sites for hydroxylation is 1. The van der Waals surface area contributed by atoms with Crippen LogP contribution in [0.5, 0.6) is 0 Å². The van der Waals surface area contributed by atoms with Crippen molar-refractivity contribution in [3.8, 4) is 0 Å². The molecule has 0 radical (unpaired) electrons. The fourth-order valence-electron chi connectivity index (χ4n) is 2.31. The minimum absolute atomic E-state index is 0.192. The molecule has 2 rings (SSSR count). The Hall–Kier alpha value is -1.07. The molecular formula is C13H20N2O2S. The summed E-state index contributed by atoms with van der Waals surface area (Å²) in [5, 5.41) is 0. The van der Waals surface area contributed by atoms with Crippen LogP contribution in [0, 0.1) is 6.92 Å². The normalized spacial score (nSPS) is 18.0. The number of hydrogen-bond donors (Lipinski definition) is 0. The first-order valence-corrected chi connectivity index (χ1v) is 7.94. The number of para-hydroxylation sites is 1. The van der Waals surface area contributed by atoms with Gasteiger partial charge in [0.1, 0.15) is 0 Å². The molecule has 1 aliphatic rings. The van der Waals surface area contributed by atoms with Gasteiger partial charge in [0.05, 0.1) is 5.75 Å². The number of hydrogen-bond acceptors (Lipinski definition) is 3. The molecule has 18 heavy (non-hydrogen) atoms. The Morgan fingerprint density at radius 1 is 1.11 bits per heavy atom. The van der Waals surface area contributed by atoms with Crippen LogP contribution < -0.4 is 4.90 Å². The second-order valence-corrected chi connectivity index (χ2v) is 6.83. The Labute approximate surface area is 109 Å². The molecule has 0 saturated carbocycles. The number of rotatable bonds is 3. The maximum atomic E-state index is 11.8. The summed E-state index contributed by atoms with van der Waals surface area (Å²) < 4.78 is 25.1. The van der Waals surface area contributed by atoms with Gasteiger partial charge in [0.15, 0.2) is 0 Å². The maximum Gasteiger partial charge on any atom is 0.213 e. The van der Waals surface area contributed by atoms with Crippen molar-refractivity contribution < 1.29 is 8.42 Å². The lowest BCUT2D eigenvalue weighted by atomic mass is 10.1. The fraction of sp³-hybridized carbons (Fsp3) is 0.538. The van der Waals surface area contributed by atoms with Crippen LogP contribution in [0.25, 0.3) is 0 Å². The summed E-state index contributed by atoms with van der Waals surface area (Å²) in [7, 11) is -3.03. The van der Waals surface area contributed by atoms with Gasteiger partial charge in [0.2, 0.25) is 10.0 Å². The number of piperazine rings is 1. The van der Waals surface area contributed by atoms with E-state index in [1.54, 1.807) is 11.2 Å². The highest BCUT2D eigenvalue weighted by Crippen LogP contribution is 2.21. The van der Waals surface area contributed by atoms with E-state index in [-0.39, 0.29) is 5.75 Å². The molecular weight excluding hydrogens is 248 g/mol. The number of nitrogens with zero attached hydrogens (tertiary/aromatic N) is 2. The summed E-state index contributed by atoms with van der Waals surface area (Å²) in [6.45, 7) is 6.50. The largest absolute Gasteiger partial charge is 0.369 e. The number of benzene rings is 1. The van der Waals surface area contributed by atoms with Crippen molar-refractivity contribution in [1.82, 2.24) is 4.31 Å². The number of sulfonamides is 1.